The van der Waals surface area contributed by atoms with Crippen molar-refractivity contribution >= 4 is 21.3 Å². The van der Waals surface area contributed by atoms with Gasteiger partial charge in [-0.15, -0.1) is 10.2 Å². The Hall–Kier alpha value is -3.55. The lowest BCUT2D eigenvalue weighted by Gasteiger charge is -2.15. The Bertz CT molecular complexity index is 1090. The topological polar surface area (TPSA) is 136 Å². The van der Waals surface area contributed by atoms with Gasteiger partial charge in [-0.05, 0) is 42.0 Å². The highest BCUT2D eigenvalue weighted by molar-refractivity contribution is 7.89. The summed E-state index contributed by atoms with van der Waals surface area (Å²) in [6.07, 6.45) is 1.42. The zero-order valence-electron chi connectivity index (χ0n) is 14.9. The summed E-state index contributed by atoms with van der Waals surface area (Å²) >= 11 is 0. The van der Waals surface area contributed by atoms with Crippen molar-refractivity contribution in [2.45, 2.75) is 17.9 Å². The molecule has 28 heavy (non-hydrogen) atoms. The first-order valence-corrected chi connectivity index (χ1v) is 9.76. The van der Waals surface area contributed by atoms with Crippen molar-refractivity contribution in [3.8, 4) is 6.07 Å². The van der Waals surface area contributed by atoms with Crippen molar-refractivity contribution in [1.82, 2.24) is 25.3 Å². The number of aromatic amines is 1. The van der Waals surface area contributed by atoms with Crippen molar-refractivity contribution in [1.29, 1.82) is 5.26 Å². The fourth-order valence-electron chi connectivity index (χ4n) is 2.42. The number of H-pyrrole nitrogens is 1. The Morgan fingerprint density at radius 2 is 1.89 bits per heavy atom. The smallest absolute Gasteiger partial charge is 0.241 e. The first kappa shape index (κ1) is 19.2. The Balaban J connectivity index is 1.70. The molecule has 3 aromatic rings. The molecule has 1 unspecified atom stereocenters. The molecule has 3 N–H and O–H groups in total. The van der Waals surface area contributed by atoms with Crippen molar-refractivity contribution in [2.24, 2.45) is 0 Å². The van der Waals surface area contributed by atoms with Crippen LogP contribution in [0.2, 0.25) is 0 Å². The predicted molar refractivity (Wildman–Crippen MR) is 103 cm³/mol. The monoisotopic (exact) mass is 395 g/mol. The van der Waals surface area contributed by atoms with E-state index in [0.717, 1.165) is 5.56 Å². The van der Waals surface area contributed by atoms with Gasteiger partial charge < -0.3 is 5.32 Å². The molecule has 3 rings (SSSR count). The van der Waals surface area contributed by atoms with E-state index in [2.05, 4.69) is 30.7 Å². The molecule has 1 aromatic heterocycles. The number of benzene rings is 2. The van der Waals surface area contributed by atoms with E-state index in [1.165, 1.54) is 18.3 Å². The molecule has 1 heterocycles. The lowest BCUT2D eigenvalue weighted by Crippen LogP contribution is -2.26. The van der Waals surface area contributed by atoms with Crippen LogP contribution >= 0.6 is 0 Å². The molecular formula is C18H17N7O2S. The summed E-state index contributed by atoms with van der Waals surface area (Å²) in [5, 5.41) is 25.2. The third-order valence-corrected chi connectivity index (χ3v) is 5.44. The summed E-state index contributed by atoms with van der Waals surface area (Å²) in [5.74, 6) is 0.160. The van der Waals surface area contributed by atoms with Crippen molar-refractivity contribution in [3.63, 3.8) is 0 Å². The Morgan fingerprint density at radius 1 is 1.18 bits per heavy atom. The highest BCUT2D eigenvalue weighted by Crippen LogP contribution is 2.19. The van der Waals surface area contributed by atoms with Crippen LogP contribution in [0.1, 0.15) is 24.4 Å². The number of anilines is 1. The molecule has 0 bridgehead atoms. The fraction of sp³-hybridized carbons (Fsp3) is 0.111. The summed E-state index contributed by atoms with van der Waals surface area (Å²) in [6.45, 7) is 1.79. The van der Waals surface area contributed by atoms with Crippen molar-refractivity contribution in [3.05, 3.63) is 72.2 Å². The molecule has 0 saturated carbocycles. The molecular weight excluding hydrogens is 378 g/mol. The van der Waals surface area contributed by atoms with E-state index in [4.69, 9.17) is 5.26 Å². The predicted octanol–water partition coefficient (Wildman–Crippen LogP) is 2.22. The maximum atomic E-state index is 12.6. The Morgan fingerprint density at radius 3 is 2.50 bits per heavy atom. The van der Waals surface area contributed by atoms with Crippen molar-refractivity contribution < 1.29 is 8.42 Å². The normalized spacial score (nSPS) is 12.9. The second-order valence-corrected chi connectivity index (χ2v) is 7.54. The van der Waals surface area contributed by atoms with Crippen LogP contribution in [0, 0.1) is 11.3 Å². The largest absolute Gasteiger partial charge is 0.360 e. The molecule has 0 aliphatic carbocycles. The second-order valence-electron chi connectivity index (χ2n) is 5.83. The molecule has 9 nitrogen and oxygen atoms in total. The van der Waals surface area contributed by atoms with Gasteiger partial charge in [0.25, 0.3) is 0 Å². The van der Waals surface area contributed by atoms with Crippen LogP contribution in [-0.4, -0.2) is 29.0 Å². The zero-order chi connectivity index (χ0) is 20.0. The van der Waals surface area contributed by atoms with Gasteiger partial charge in [-0.2, -0.15) is 10.5 Å². The van der Waals surface area contributed by atoms with Gasteiger partial charge in [0.05, 0.1) is 4.90 Å². The Labute approximate surface area is 162 Å². The average Bonchev–Trinajstić information content (AvgIpc) is 3.24. The van der Waals surface area contributed by atoms with E-state index >= 15 is 0 Å². The Kier molecular flexibility index (Phi) is 5.78. The SMILES string of the molecule is CC(NS(=O)(=O)c1ccc(NC=C(C#N)c2nn[nH]n2)cc1)c1ccccc1. The van der Waals surface area contributed by atoms with Crippen LogP contribution < -0.4 is 10.0 Å². The average molecular weight is 395 g/mol. The number of hydrogen-bond acceptors (Lipinski definition) is 7. The summed E-state index contributed by atoms with van der Waals surface area (Å²) in [5.41, 5.74) is 1.66. The van der Waals surface area contributed by atoms with Crippen molar-refractivity contribution in [2.75, 3.05) is 5.32 Å². The highest BCUT2D eigenvalue weighted by atomic mass is 32.2. The summed E-state index contributed by atoms with van der Waals surface area (Å²) in [6, 6.07) is 17.1. The molecule has 142 valence electrons. The first-order valence-electron chi connectivity index (χ1n) is 8.27. The fourth-order valence-corrected chi connectivity index (χ4v) is 3.65. The van der Waals surface area contributed by atoms with Crippen LogP contribution in [0.4, 0.5) is 5.69 Å². The van der Waals surface area contributed by atoms with Gasteiger partial charge in [0, 0.05) is 17.9 Å². The molecule has 1 atom stereocenters. The van der Waals surface area contributed by atoms with Crippen LogP contribution in [0.5, 0.6) is 0 Å². The third-order valence-electron chi connectivity index (χ3n) is 3.89. The molecule has 2 aromatic carbocycles. The quantitative estimate of drug-likeness (QED) is 0.522. The van der Waals surface area contributed by atoms with Gasteiger partial charge in [0.15, 0.2) is 0 Å². The molecule has 0 amide bonds. The highest BCUT2D eigenvalue weighted by Gasteiger charge is 2.18. The molecule has 0 fully saturated rings. The van der Waals surface area contributed by atoms with Gasteiger partial charge in [-0.3, -0.25) is 0 Å². The number of hydrogen-bond donors (Lipinski definition) is 3. The van der Waals surface area contributed by atoms with E-state index in [-0.39, 0.29) is 22.3 Å². The lowest BCUT2D eigenvalue weighted by atomic mass is 10.1. The number of tetrazole rings is 1. The minimum absolute atomic E-state index is 0.142. The van der Waals surface area contributed by atoms with E-state index in [0.29, 0.717) is 5.69 Å². The van der Waals surface area contributed by atoms with Gasteiger partial charge in [-0.25, -0.2) is 13.1 Å². The van der Waals surface area contributed by atoms with E-state index < -0.39 is 10.0 Å². The molecule has 10 heteroatoms. The number of allylic oxidation sites excluding steroid dienone is 1. The lowest BCUT2D eigenvalue weighted by molar-refractivity contribution is 0.567. The molecule has 0 radical (unpaired) electrons. The van der Waals surface area contributed by atoms with Crippen LogP contribution in [0.3, 0.4) is 0 Å². The number of nitrogens with one attached hydrogen (secondary N) is 3. The molecule has 0 spiro atoms. The summed E-state index contributed by atoms with van der Waals surface area (Å²) in [7, 11) is -3.67. The number of sulfonamides is 1. The summed E-state index contributed by atoms with van der Waals surface area (Å²) < 4.78 is 27.8. The molecule has 0 aliphatic rings. The zero-order valence-corrected chi connectivity index (χ0v) is 15.7. The van der Waals surface area contributed by atoms with E-state index in [9.17, 15) is 8.42 Å². The van der Waals surface area contributed by atoms with Crippen LogP contribution in [0.25, 0.3) is 5.57 Å². The van der Waals surface area contributed by atoms with E-state index in [1.807, 2.05) is 36.4 Å². The van der Waals surface area contributed by atoms with E-state index in [1.54, 1.807) is 19.1 Å². The van der Waals surface area contributed by atoms with Gasteiger partial charge in [-0.1, -0.05) is 30.3 Å². The van der Waals surface area contributed by atoms with Crippen LogP contribution in [0.15, 0.2) is 65.7 Å². The maximum absolute atomic E-state index is 12.6. The number of rotatable bonds is 7. The minimum atomic E-state index is -3.67. The van der Waals surface area contributed by atoms with Gasteiger partial charge >= 0.3 is 0 Å². The third kappa shape index (κ3) is 4.59. The van der Waals surface area contributed by atoms with Gasteiger partial charge in [0.1, 0.15) is 11.6 Å². The summed E-state index contributed by atoms with van der Waals surface area (Å²) in [4.78, 5) is 0.142. The number of aromatic nitrogens is 4. The first-order chi connectivity index (χ1) is 13.5. The van der Waals surface area contributed by atoms with Crippen LogP contribution in [-0.2, 0) is 10.0 Å². The standard InChI is InChI=1S/C18H17N7O2S/c1-13(14-5-3-2-4-6-14)23-28(26,27)17-9-7-16(8-10-17)20-12-15(11-19)18-21-24-25-22-18/h2-10,12-13,20,23H,1H3,(H,21,22,24,25). The molecule has 0 aliphatic heterocycles. The second kappa shape index (κ2) is 8.43. The number of nitrogens with zero attached hydrogens (tertiary/aromatic N) is 4. The minimum Gasteiger partial charge on any atom is -0.360 e. The number of nitriles is 1. The molecule has 0 saturated heterocycles. The van der Waals surface area contributed by atoms with Gasteiger partial charge in [0.2, 0.25) is 15.8 Å². The maximum Gasteiger partial charge on any atom is 0.241 e.